The molecule has 0 aliphatic heterocycles. The summed E-state index contributed by atoms with van der Waals surface area (Å²) in [7, 11) is 0. The fourth-order valence-electron chi connectivity index (χ4n) is 2.14. The minimum absolute atomic E-state index is 0.0116. The summed E-state index contributed by atoms with van der Waals surface area (Å²) in [6, 6.07) is 8.82. The van der Waals surface area contributed by atoms with Gasteiger partial charge in [0.15, 0.2) is 0 Å². The highest BCUT2D eigenvalue weighted by Crippen LogP contribution is 2.31. The van der Waals surface area contributed by atoms with E-state index in [1.54, 1.807) is 0 Å². The third-order valence-corrected chi connectivity index (χ3v) is 3.90. The van der Waals surface area contributed by atoms with Gasteiger partial charge in [0.05, 0.1) is 21.7 Å². The summed E-state index contributed by atoms with van der Waals surface area (Å²) in [6.45, 7) is -0.0420. The van der Waals surface area contributed by atoms with E-state index in [0.29, 0.717) is 5.02 Å². The number of hydrogen-bond acceptors (Lipinski definition) is 2. The normalized spacial score (nSPS) is 11.1. The Labute approximate surface area is 157 Å². The van der Waals surface area contributed by atoms with Crippen molar-refractivity contribution < 1.29 is 22.8 Å². The predicted molar refractivity (Wildman–Crippen MR) is 92.6 cm³/mol. The van der Waals surface area contributed by atoms with Crippen LogP contribution >= 0.6 is 23.2 Å². The number of nitrogens with one attached hydrogen (secondary N) is 2. The molecule has 0 spiro atoms. The second-order valence-electron chi connectivity index (χ2n) is 5.18. The van der Waals surface area contributed by atoms with Crippen molar-refractivity contribution in [3.8, 4) is 0 Å². The molecule has 0 bridgehead atoms. The van der Waals surface area contributed by atoms with Gasteiger partial charge >= 0.3 is 6.18 Å². The van der Waals surface area contributed by atoms with Crippen molar-refractivity contribution >= 4 is 35.0 Å². The van der Waals surface area contributed by atoms with Crippen LogP contribution in [0, 0.1) is 0 Å². The first-order valence-electron chi connectivity index (χ1n) is 7.38. The maximum absolute atomic E-state index is 12.9. The zero-order valence-electron chi connectivity index (χ0n) is 13.2. The standard InChI is InChI=1S/C17H13Cl2F3N2O2/c18-10-5-6-12(14(19)9-10)16(26)24-8-7-23-15(25)11-3-1-2-4-13(11)17(20,21)22/h1-6,9H,7-8H2,(H,23,25)(H,24,26). The number of benzene rings is 2. The molecule has 2 amide bonds. The molecule has 2 N–H and O–H groups in total. The van der Waals surface area contributed by atoms with Crippen LogP contribution in [0.2, 0.25) is 10.0 Å². The van der Waals surface area contributed by atoms with E-state index in [4.69, 9.17) is 23.2 Å². The minimum atomic E-state index is -4.63. The number of hydrogen-bond donors (Lipinski definition) is 2. The van der Waals surface area contributed by atoms with Gasteiger partial charge in [0, 0.05) is 18.1 Å². The van der Waals surface area contributed by atoms with Gasteiger partial charge in [-0.15, -0.1) is 0 Å². The number of rotatable bonds is 5. The third-order valence-electron chi connectivity index (χ3n) is 3.35. The monoisotopic (exact) mass is 404 g/mol. The van der Waals surface area contributed by atoms with Crippen LogP contribution in [-0.2, 0) is 6.18 Å². The van der Waals surface area contributed by atoms with Gasteiger partial charge in [-0.25, -0.2) is 0 Å². The van der Waals surface area contributed by atoms with Crippen LogP contribution < -0.4 is 10.6 Å². The molecule has 0 aromatic heterocycles. The molecule has 4 nitrogen and oxygen atoms in total. The number of alkyl halides is 3. The van der Waals surface area contributed by atoms with E-state index in [-0.39, 0.29) is 23.7 Å². The van der Waals surface area contributed by atoms with Gasteiger partial charge in [-0.1, -0.05) is 35.3 Å². The molecular formula is C17H13Cl2F3N2O2. The van der Waals surface area contributed by atoms with Gasteiger partial charge in [-0.05, 0) is 30.3 Å². The van der Waals surface area contributed by atoms with Crippen LogP contribution in [0.1, 0.15) is 26.3 Å². The second-order valence-corrected chi connectivity index (χ2v) is 6.02. The lowest BCUT2D eigenvalue weighted by Gasteiger charge is -2.13. The summed E-state index contributed by atoms with van der Waals surface area (Å²) in [5.41, 5.74) is -1.30. The van der Waals surface area contributed by atoms with Gasteiger partial charge < -0.3 is 10.6 Å². The summed E-state index contributed by atoms with van der Waals surface area (Å²) in [4.78, 5) is 23.9. The Kier molecular flexibility index (Phi) is 6.50. The summed E-state index contributed by atoms with van der Waals surface area (Å²) >= 11 is 11.6. The summed E-state index contributed by atoms with van der Waals surface area (Å²) in [6.07, 6.45) is -4.63. The van der Waals surface area contributed by atoms with Crippen molar-refractivity contribution in [3.63, 3.8) is 0 Å². The zero-order valence-corrected chi connectivity index (χ0v) is 14.7. The quantitative estimate of drug-likeness (QED) is 0.734. The molecule has 0 saturated carbocycles. The first kappa shape index (κ1) is 20.1. The van der Waals surface area contributed by atoms with E-state index < -0.39 is 29.1 Å². The molecule has 138 valence electrons. The average Bonchev–Trinajstić information content (AvgIpc) is 2.57. The number of carbonyl (C=O) groups is 2. The molecule has 0 atom stereocenters. The number of carbonyl (C=O) groups excluding carboxylic acids is 2. The summed E-state index contributed by atoms with van der Waals surface area (Å²) in [5, 5.41) is 5.38. The van der Waals surface area contributed by atoms with Gasteiger partial charge in [-0.2, -0.15) is 13.2 Å². The Morgan fingerprint density at radius 3 is 2.04 bits per heavy atom. The Hall–Kier alpha value is -2.25. The minimum Gasteiger partial charge on any atom is -0.350 e. The average molecular weight is 405 g/mol. The zero-order chi connectivity index (χ0) is 19.3. The highest BCUT2D eigenvalue weighted by atomic mass is 35.5. The van der Waals surface area contributed by atoms with Crippen molar-refractivity contribution in [2.24, 2.45) is 0 Å². The van der Waals surface area contributed by atoms with Crippen molar-refractivity contribution in [1.29, 1.82) is 0 Å². The van der Waals surface area contributed by atoms with E-state index in [1.165, 1.54) is 30.3 Å². The Balaban J connectivity index is 1.91. The van der Waals surface area contributed by atoms with Crippen LogP contribution in [-0.4, -0.2) is 24.9 Å². The molecule has 26 heavy (non-hydrogen) atoms. The molecule has 0 heterocycles. The van der Waals surface area contributed by atoms with Gasteiger partial charge in [0.1, 0.15) is 0 Å². The van der Waals surface area contributed by atoms with Crippen molar-refractivity contribution in [2.45, 2.75) is 6.18 Å². The van der Waals surface area contributed by atoms with E-state index in [9.17, 15) is 22.8 Å². The van der Waals surface area contributed by atoms with Crippen LogP contribution in [0.25, 0.3) is 0 Å². The smallest absolute Gasteiger partial charge is 0.350 e. The lowest BCUT2D eigenvalue weighted by Crippen LogP contribution is -2.35. The van der Waals surface area contributed by atoms with E-state index >= 15 is 0 Å². The maximum Gasteiger partial charge on any atom is 0.417 e. The molecule has 0 aliphatic rings. The highest BCUT2D eigenvalue weighted by molar-refractivity contribution is 6.36. The molecule has 9 heteroatoms. The topological polar surface area (TPSA) is 58.2 Å². The van der Waals surface area contributed by atoms with E-state index in [0.717, 1.165) is 12.1 Å². The molecule has 0 unspecified atom stereocenters. The predicted octanol–water partition coefficient (Wildman–Crippen LogP) is 4.17. The summed E-state index contributed by atoms with van der Waals surface area (Å²) in [5.74, 6) is -1.37. The molecular weight excluding hydrogens is 392 g/mol. The van der Waals surface area contributed by atoms with Crippen LogP contribution in [0.3, 0.4) is 0 Å². The highest BCUT2D eigenvalue weighted by Gasteiger charge is 2.34. The molecule has 0 saturated heterocycles. The molecule has 0 radical (unpaired) electrons. The van der Waals surface area contributed by atoms with Crippen molar-refractivity contribution in [3.05, 3.63) is 69.2 Å². The molecule has 2 aromatic rings. The van der Waals surface area contributed by atoms with Gasteiger partial charge in [0.25, 0.3) is 11.8 Å². The van der Waals surface area contributed by atoms with Crippen LogP contribution in [0.4, 0.5) is 13.2 Å². The Morgan fingerprint density at radius 1 is 0.885 bits per heavy atom. The maximum atomic E-state index is 12.9. The van der Waals surface area contributed by atoms with E-state index in [2.05, 4.69) is 10.6 Å². The first-order chi connectivity index (χ1) is 12.2. The Morgan fingerprint density at radius 2 is 1.46 bits per heavy atom. The van der Waals surface area contributed by atoms with Gasteiger partial charge in [-0.3, -0.25) is 9.59 Å². The molecule has 0 aliphatic carbocycles. The Bertz CT molecular complexity index is 826. The van der Waals surface area contributed by atoms with Gasteiger partial charge in [0.2, 0.25) is 0 Å². The molecule has 2 rings (SSSR count). The molecule has 2 aromatic carbocycles. The van der Waals surface area contributed by atoms with Crippen LogP contribution in [0.5, 0.6) is 0 Å². The van der Waals surface area contributed by atoms with E-state index in [1.807, 2.05) is 0 Å². The largest absolute Gasteiger partial charge is 0.417 e. The lowest BCUT2D eigenvalue weighted by atomic mass is 10.1. The first-order valence-corrected chi connectivity index (χ1v) is 8.13. The lowest BCUT2D eigenvalue weighted by molar-refractivity contribution is -0.137. The fourth-order valence-corrected chi connectivity index (χ4v) is 2.64. The molecule has 0 fully saturated rings. The van der Waals surface area contributed by atoms with Crippen LogP contribution in [0.15, 0.2) is 42.5 Å². The fraction of sp³-hybridized carbons (Fsp3) is 0.176. The SMILES string of the molecule is O=C(NCCNC(=O)c1ccccc1C(F)(F)F)c1ccc(Cl)cc1Cl. The van der Waals surface area contributed by atoms with Crippen molar-refractivity contribution in [2.75, 3.05) is 13.1 Å². The van der Waals surface area contributed by atoms with Crippen molar-refractivity contribution in [1.82, 2.24) is 10.6 Å². The second kappa shape index (κ2) is 8.42. The number of halogens is 5. The third kappa shape index (κ3) is 5.12. The summed E-state index contributed by atoms with van der Waals surface area (Å²) < 4.78 is 38.7. The number of amides is 2.